The molecular weight excluding hydrogens is 336 g/mol. The van der Waals surface area contributed by atoms with Crippen LogP contribution in [0.2, 0.25) is 5.02 Å². The molecule has 1 amide bonds. The molecule has 1 heterocycles. The van der Waals surface area contributed by atoms with E-state index in [1.807, 2.05) is 30.3 Å². The fourth-order valence-corrected chi connectivity index (χ4v) is 3.34. The van der Waals surface area contributed by atoms with Crippen molar-refractivity contribution in [2.24, 2.45) is 0 Å². The van der Waals surface area contributed by atoms with Gasteiger partial charge in [0.2, 0.25) is 0 Å². The third-order valence-electron chi connectivity index (χ3n) is 4.45. The number of para-hydroxylation sites is 1. The molecule has 5 heteroatoms. The second kappa shape index (κ2) is 8.88. The highest BCUT2D eigenvalue weighted by Crippen LogP contribution is 2.25. The van der Waals surface area contributed by atoms with E-state index in [9.17, 15) is 4.79 Å². The number of amides is 1. The molecular formula is C20H23ClN2O2. The van der Waals surface area contributed by atoms with Crippen molar-refractivity contribution >= 4 is 17.5 Å². The molecule has 1 unspecified atom stereocenters. The Morgan fingerprint density at radius 1 is 1.08 bits per heavy atom. The summed E-state index contributed by atoms with van der Waals surface area (Å²) in [6, 6.07) is 17.7. The van der Waals surface area contributed by atoms with E-state index in [1.165, 1.54) is 18.4 Å². The standard InChI is InChI=1S/C20H23ClN2O2/c21-17-10-4-5-11-19(17)25-15-20(24)22-14-18(23-12-6-7-13-23)16-8-2-1-3-9-16/h1-5,8-11,18H,6-7,12-15H2,(H,22,24). The van der Waals surface area contributed by atoms with Crippen LogP contribution in [-0.4, -0.2) is 37.0 Å². The summed E-state index contributed by atoms with van der Waals surface area (Å²) in [7, 11) is 0. The fraction of sp³-hybridized carbons (Fsp3) is 0.350. The molecule has 0 aliphatic carbocycles. The molecule has 1 atom stereocenters. The minimum absolute atomic E-state index is 0.0365. The molecule has 2 aromatic carbocycles. The van der Waals surface area contributed by atoms with Crippen molar-refractivity contribution in [3.8, 4) is 5.75 Å². The third-order valence-corrected chi connectivity index (χ3v) is 4.77. The zero-order chi connectivity index (χ0) is 17.5. The zero-order valence-electron chi connectivity index (χ0n) is 14.2. The van der Waals surface area contributed by atoms with Gasteiger partial charge < -0.3 is 10.1 Å². The van der Waals surface area contributed by atoms with Gasteiger partial charge in [-0.25, -0.2) is 0 Å². The number of nitrogens with one attached hydrogen (secondary N) is 1. The molecule has 0 aromatic heterocycles. The van der Waals surface area contributed by atoms with Crippen LogP contribution in [0.15, 0.2) is 54.6 Å². The summed E-state index contributed by atoms with van der Waals surface area (Å²) in [5.74, 6) is 0.388. The Morgan fingerprint density at radius 2 is 1.76 bits per heavy atom. The van der Waals surface area contributed by atoms with E-state index in [4.69, 9.17) is 16.3 Å². The summed E-state index contributed by atoms with van der Waals surface area (Å²) < 4.78 is 5.50. The molecule has 1 N–H and O–H groups in total. The number of rotatable bonds is 7. The molecule has 4 nitrogen and oxygen atoms in total. The predicted molar refractivity (Wildman–Crippen MR) is 99.9 cm³/mol. The van der Waals surface area contributed by atoms with E-state index < -0.39 is 0 Å². The molecule has 0 bridgehead atoms. The van der Waals surface area contributed by atoms with Gasteiger partial charge >= 0.3 is 0 Å². The van der Waals surface area contributed by atoms with Crippen molar-refractivity contribution in [2.45, 2.75) is 18.9 Å². The monoisotopic (exact) mass is 358 g/mol. The quantitative estimate of drug-likeness (QED) is 0.821. The highest BCUT2D eigenvalue weighted by Gasteiger charge is 2.23. The molecule has 0 radical (unpaired) electrons. The summed E-state index contributed by atoms with van der Waals surface area (Å²) in [4.78, 5) is 14.6. The Kier molecular flexibility index (Phi) is 6.31. The number of hydrogen-bond donors (Lipinski definition) is 1. The molecule has 1 fully saturated rings. The van der Waals surface area contributed by atoms with Gasteiger partial charge in [-0.05, 0) is 43.6 Å². The average Bonchev–Trinajstić information content (AvgIpc) is 3.16. The summed E-state index contributed by atoms with van der Waals surface area (Å²) in [6.45, 7) is 2.69. The predicted octanol–water partition coefficient (Wildman–Crippen LogP) is 3.67. The van der Waals surface area contributed by atoms with Crippen LogP contribution in [0.4, 0.5) is 0 Å². The molecule has 2 aromatic rings. The average molecular weight is 359 g/mol. The lowest BCUT2D eigenvalue weighted by Crippen LogP contribution is -2.38. The Balaban J connectivity index is 1.55. The summed E-state index contributed by atoms with van der Waals surface area (Å²) in [5.41, 5.74) is 1.23. The molecule has 1 aliphatic heterocycles. The Bertz CT molecular complexity index is 687. The van der Waals surface area contributed by atoms with Gasteiger partial charge in [0, 0.05) is 6.54 Å². The van der Waals surface area contributed by atoms with Crippen LogP contribution in [0.3, 0.4) is 0 Å². The van der Waals surface area contributed by atoms with Gasteiger partial charge in [0.15, 0.2) is 6.61 Å². The van der Waals surface area contributed by atoms with E-state index in [0.717, 1.165) is 13.1 Å². The summed E-state index contributed by atoms with van der Waals surface area (Å²) in [6.07, 6.45) is 2.43. The van der Waals surface area contributed by atoms with Crippen molar-refractivity contribution in [3.05, 3.63) is 65.2 Å². The van der Waals surface area contributed by atoms with Gasteiger partial charge in [-0.15, -0.1) is 0 Å². The van der Waals surface area contributed by atoms with Crippen molar-refractivity contribution < 1.29 is 9.53 Å². The van der Waals surface area contributed by atoms with Gasteiger partial charge in [-0.3, -0.25) is 9.69 Å². The molecule has 1 saturated heterocycles. The van der Waals surface area contributed by atoms with Crippen LogP contribution < -0.4 is 10.1 Å². The van der Waals surface area contributed by atoms with Crippen molar-refractivity contribution in [2.75, 3.05) is 26.2 Å². The number of halogens is 1. The van der Waals surface area contributed by atoms with Gasteiger partial charge in [-0.2, -0.15) is 0 Å². The van der Waals surface area contributed by atoms with Gasteiger partial charge in [0.05, 0.1) is 11.1 Å². The largest absolute Gasteiger partial charge is 0.482 e. The van der Waals surface area contributed by atoms with Gasteiger partial charge in [-0.1, -0.05) is 54.1 Å². The molecule has 3 rings (SSSR count). The van der Waals surface area contributed by atoms with E-state index in [-0.39, 0.29) is 18.6 Å². The van der Waals surface area contributed by atoms with Crippen LogP contribution in [-0.2, 0) is 4.79 Å². The highest BCUT2D eigenvalue weighted by atomic mass is 35.5. The maximum atomic E-state index is 12.2. The van der Waals surface area contributed by atoms with Crippen LogP contribution in [0.5, 0.6) is 5.75 Å². The van der Waals surface area contributed by atoms with Crippen LogP contribution in [0.1, 0.15) is 24.4 Å². The van der Waals surface area contributed by atoms with Crippen molar-refractivity contribution in [3.63, 3.8) is 0 Å². The minimum atomic E-state index is -0.139. The van der Waals surface area contributed by atoms with E-state index >= 15 is 0 Å². The number of nitrogens with zero attached hydrogens (tertiary/aromatic N) is 1. The van der Waals surface area contributed by atoms with Crippen LogP contribution >= 0.6 is 11.6 Å². The van der Waals surface area contributed by atoms with E-state index in [1.54, 1.807) is 12.1 Å². The molecule has 0 spiro atoms. The molecule has 0 saturated carbocycles. The topological polar surface area (TPSA) is 41.6 Å². The number of likely N-dealkylation sites (tertiary alicyclic amines) is 1. The fourth-order valence-electron chi connectivity index (χ4n) is 3.15. The molecule has 1 aliphatic rings. The van der Waals surface area contributed by atoms with Crippen LogP contribution in [0, 0.1) is 0 Å². The first-order chi connectivity index (χ1) is 12.2. The summed E-state index contributed by atoms with van der Waals surface area (Å²) in [5, 5.41) is 3.51. The maximum absolute atomic E-state index is 12.2. The second-order valence-corrected chi connectivity index (χ2v) is 6.60. The Labute approximate surface area is 153 Å². The van der Waals surface area contributed by atoms with Gasteiger partial charge in [0.25, 0.3) is 5.91 Å². The SMILES string of the molecule is O=C(COc1ccccc1Cl)NCC(c1ccccc1)N1CCCC1. The lowest BCUT2D eigenvalue weighted by molar-refractivity contribution is -0.123. The maximum Gasteiger partial charge on any atom is 0.258 e. The number of ether oxygens (including phenoxy) is 1. The molecule has 25 heavy (non-hydrogen) atoms. The number of carbonyl (C=O) groups is 1. The third kappa shape index (κ3) is 4.97. The second-order valence-electron chi connectivity index (χ2n) is 6.19. The lowest BCUT2D eigenvalue weighted by atomic mass is 10.1. The van der Waals surface area contributed by atoms with E-state index in [0.29, 0.717) is 17.3 Å². The van der Waals surface area contributed by atoms with Crippen LogP contribution in [0.25, 0.3) is 0 Å². The normalized spacial score (nSPS) is 15.7. The minimum Gasteiger partial charge on any atom is -0.482 e. The molecule has 132 valence electrons. The first-order valence-corrected chi connectivity index (χ1v) is 9.05. The Morgan fingerprint density at radius 3 is 2.48 bits per heavy atom. The number of hydrogen-bond acceptors (Lipinski definition) is 3. The van der Waals surface area contributed by atoms with Crippen molar-refractivity contribution in [1.82, 2.24) is 10.2 Å². The first-order valence-electron chi connectivity index (χ1n) is 8.67. The zero-order valence-corrected chi connectivity index (χ0v) is 14.9. The number of benzene rings is 2. The van der Waals surface area contributed by atoms with Crippen molar-refractivity contribution in [1.29, 1.82) is 0 Å². The highest BCUT2D eigenvalue weighted by molar-refractivity contribution is 6.32. The lowest BCUT2D eigenvalue weighted by Gasteiger charge is -2.28. The smallest absolute Gasteiger partial charge is 0.258 e. The van der Waals surface area contributed by atoms with Gasteiger partial charge in [0.1, 0.15) is 5.75 Å². The Hall–Kier alpha value is -2.04. The summed E-state index contributed by atoms with van der Waals surface area (Å²) >= 11 is 6.04. The first kappa shape index (κ1) is 17.8. The van der Waals surface area contributed by atoms with E-state index in [2.05, 4.69) is 22.3 Å². The number of carbonyl (C=O) groups excluding carboxylic acids is 1.